The topological polar surface area (TPSA) is 154 Å². The average Bonchev–Trinajstić information content (AvgIpc) is 2.99. The van der Waals surface area contributed by atoms with Crippen molar-refractivity contribution < 1.29 is 35.4 Å². The van der Waals surface area contributed by atoms with Crippen molar-refractivity contribution in [1.82, 2.24) is 10.2 Å². The monoisotopic (exact) mass is 496 g/mol. The van der Waals surface area contributed by atoms with Crippen LogP contribution in [0, 0.1) is 5.92 Å². The van der Waals surface area contributed by atoms with Crippen LogP contribution in [-0.2, 0) is 9.53 Å². The average molecular weight is 497 g/mol. The Hall–Kier alpha value is 0.120. The Morgan fingerprint density at radius 3 is 2.33 bits per heavy atom. The summed E-state index contributed by atoms with van der Waals surface area (Å²) in [6.45, 7) is 4.48. The first-order valence-corrected chi connectivity index (χ1v) is 10.9. The number of rotatable bonds is 7. The lowest BCUT2D eigenvalue weighted by Crippen LogP contribution is -2.65. The molecule has 0 bridgehead atoms. The van der Waals surface area contributed by atoms with E-state index in [2.05, 4.69) is 12.2 Å². The number of likely N-dealkylation sites (N-methyl/N-ethyl adjacent to an activating group) is 1. The van der Waals surface area contributed by atoms with Gasteiger partial charge in [0.15, 0.2) is 0 Å². The molecule has 0 saturated carbocycles. The molecule has 0 radical (unpaired) electrons. The Morgan fingerprint density at radius 1 is 1.23 bits per heavy atom. The van der Waals surface area contributed by atoms with Gasteiger partial charge in [0.1, 0.15) is 29.9 Å². The zero-order valence-electron chi connectivity index (χ0n) is 17.8. The van der Waals surface area contributed by atoms with E-state index in [9.17, 15) is 25.2 Å². The van der Waals surface area contributed by atoms with E-state index in [-0.39, 0.29) is 42.2 Å². The standard InChI is InChI=1S/C18H34N2O6S.2ClH.H2O/c1-5-6-10-7-11(20(3)8-10)17(25)19-12(9(2)21)16-14(23)13(22)15(24)18(26-16)27-4;;;/h9-16,18,21-24H,5-8H2,1-4H3,(H,19,25);2*1H;1H2/t9-,10-,11+,12-,13+,14-,15-,16-,18-;;;/m1.../s1. The molecular weight excluding hydrogens is 459 g/mol. The van der Waals surface area contributed by atoms with Crippen LogP contribution in [0.3, 0.4) is 0 Å². The molecule has 0 unspecified atom stereocenters. The van der Waals surface area contributed by atoms with Crippen LogP contribution in [0.25, 0.3) is 0 Å². The van der Waals surface area contributed by atoms with E-state index in [1.54, 1.807) is 6.26 Å². The smallest absolute Gasteiger partial charge is 0.237 e. The number of ether oxygens (including phenoxy) is 1. The molecule has 9 nitrogen and oxygen atoms in total. The number of halogens is 2. The Kier molecular flexibility index (Phi) is 15.4. The molecule has 2 fully saturated rings. The van der Waals surface area contributed by atoms with E-state index in [4.69, 9.17) is 4.74 Å². The number of carbonyl (C=O) groups is 1. The highest BCUT2D eigenvalue weighted by molar-refractivity contribution is 7.99. The summed E-state index contributed by atoms with van der Waals surface area (Å²) in [5.74, 6) is 0.245. The molecule has 1 amide bonds. The predicted molar refractivity (Wildman–Crippen MR) is 121 cm³/mol. The van der Waals surface area contributed by atoms with Crippen molar-refractivity contribution >= 4 is 42.5 Å². The van der Waals surface area contributed by atoms with Gasteiger partial charge in [-0.1, -0.05) is 13.3 Å². The number of aliphatic hydroxyl groups excluding tert-OH is 4. The molecule has 2 heterocycles. The van der Waals surface area contributed by atoms with Crippen LogP contribution in [0.2, 0.25) is 0 Å². The number of carbonyl (C=O) groups excluding carboxylic acids is 1. The molecule has 2 saturated heterocycles. The number of nitrogens with one attached hydrogen (secondary N) is 1. The molecule has 0 aromatic carbocycles. The van der Waals surface area contributed by atoms with Crippen molar-refractivity contribution in [3.05, 3.63) is 0 Å². The van der Waals surface area contributed by atoms with Crippen molar-refractivity contribution in [3.8, 4) is 0 Å². The summed E-state index contributed by atoms with van der Waals surface area (Å²) in [5.41, 5.74) is -0.755. The van der Waals surface area contributed by atoms with Crippen molar-refractivity contribution in [1.29, 1.82) is 0 Å². The van der Waals surface area contributed by atoms with Crippen LogP contribution < -0.4 is 5.32 Å². The first-order chi connectivity index (χ1) is 12.7. The highest BCUT2D eigenvalue weighted by Crippen LogP contribution is 2.30. The van der Waals surface area contributed by atoms with Crippen LogP contribution in [0.1, 0.15) is 33.1 Å². The Labute approximate surface area is 195 Å². The molecular formula is C18H38Cl2N2O7S. The van der Waals surface area contributed by atoms with Gasteiger partial charge in [-0.25, -0.2) is 0 Å². The van der Waals surface area contributed by atoms with Crippen LogP contribution in [0.4, 0.5) is 0 Å². The van der Waals surface area contributed by atoms with E-state index < -0.39 is 42.0 Å². The summed E-state index contributed by atoms with van der Waals surface area (Å²) in [6.07, 6.45) is -1.50. The third-order valence-electron chi connectivity index (χ3n) is 5.66. The zero-order valence-corrected chi connectivity index (χ0v) is 20.3. The zero-order chi connectivity index (χ0) is 20.3. The minimum absolute atomic E-state index is 0. The minimum Gasteiger partial charge on any atom is -0.412 e. The maximum atomic E-state index is 12.8. The molecule has 30 heavy (non-hydrogen) atoms. The highest BCUT2D eigenvalue weighted by Gasteiger charge is 2.48. The van der Waals surface area contributed by atoms with E-state index in [0.717, 1.165) is 25.8 Å². The van der Waals surface area contributed by atoms with Gasteiger partial charge >= 0.3 is 0 Å². The second-order valence-corrected chi connectivity index (χ2v) is 8.73. The molecule has 2 rings (SSSR count). The van der Waals surface area contributed by atoms with Gasteiger partial charge in [0.25, 0.3) is 0 Å². The van der Waals surface area contributed by atoms with Gasteiger partial charge in [-0.3, -0.25) is 9.69 Å². The predicted octanol–water partition coefficient (Wildman–Crippen LogP) is -0.838. The molecule has 2 aliphatic rings. The van der Waals surface area contributed by atoms with Crippen LogP contribution in [-0.4, -0.2) is 105 Å². The van der Waals surface area contributed by atoms with E-state index in [1.165, 1.54) is 18.7 Å². The fourth-order valence-electron chi connectivity index (χ4n) is 4.13. The fourth-order valence-corrected chi connectivity index (χ4v) is 4.81. The van der Waals surface area contributed by atoms with Crippen molar-refractivity contribution in [2.75, 3.05) is 19.8 Å². The summed E-state index contributed by atoms with van der Waals surface area (Å²) in [4.78, 5) is 14.9. The van der Waals surface area contributed by atoms with E-state index in [0.29, 0.717) is 5.92 Å². The number of hydrogen-bond acceptors (Lipinski definition) is 8. The first kappa shape index (κ1) is 32.3. The summed E-state index contributed by atoms with van der Waals surface area (Å²) in [7, 11) is 1.91. The normalized spacial score (nSPS) is 35.9. The lowest BCUT2D eigenvalue weighted by Gasteiger charge is -2.44. The maximum absolute atomic E-state index is 12.8. The Bertz CT molecular complexity index is 507. The molecule has 0 aliphatic carbocycles. The van der Waals surface area contributed by atoms with Gasteiger partial charge < -0.3 is 36.0 Å². The molecule has 0 aromatic rings. The lowest BCUT2D eigenvalue weighted by molar-refractivity contribution is -0.211. The van der Waals surface area contributed by atoms with Crippen molar-refractivity contribution in [2.24, 2.45) is 5.92 Å². The number of aliphatic hydroxyl groups is 4. The number of nitrogens with zero attached hydrogens (tertiary/aromatic N) is 1. The van der Waals surface area contributed by atoms with Gasteiger partial charge in [-0.05, 0) is 39.0 Å². The quantitative estimate of drug-likeness (QED) is 0.305. The van der Waals surface area contributed by atoms with Gasteiger partial charge in [0.05, 0.1) is 18.2 Å². The van der Waals surface area contributed by atoms with Gasteiger partial charge in [0.2, 0.25) is 5.91 Å². The van der Waals surface area contributed by atoms with Gasteiger partial charge in [0, 0.05) is 6.54 Å². The van der Waals surface area contributed by atoms with Gasteiger partial charge in [-0.15, -0.1) is 36.6 Å². The number of thioether (sulfide) groups is 1. The summed E-state index contributed by atoms with van der Waals surface area (Å²) >= 11 is 1.20. The van der Waals surface area contributed by atoms with Crippen molar-refractivity contribution in [2.45, 2.75) is 81.1 Å². The lowest BCUT2D eigenvalue weighted by atomic mass is 9.92. The second-order valence-electron chi connectivity index (χ2n) is 7.80. The number of hydrogen-bond donors (Lipinski definition) is 5. The largest absolute Gasteiger partial charge is 0.412 e. The minimum atomic E-state index is -1.42. The van der Waals surface area contributed by atoms with E-state index in [1.807, 2.05) is 11.9 Å². The molecule has 182 valence electrons. The molecule has 0 aromatic heterocycles. The molecule has 7 N–H and O–H groups in total. The van der Waals surface area contributed by atoms with Crippen molar-refractivity contribution in [3.63, 3.8) is 0 Å². The summed E-state index contributed by atoms with van der Waals surface area (Å²) < 4.78 is 5.72. The summed E-state index contributed by atoms with van der Waals surface area (Å²) in [5, 5.41) is 43.5. The first-order valence-electron chi connectivity index (χ1n) is 9.62. The second kappa shape index (κ2) is 14.3. The maximum Gasteiger partial charge on any atom is 0.237 e. The third-order valence-corrected chi connectivity index (χ3v) is 6.51. The number of amides is 1. The fraction of sp³-hybridized carbons (Fsp3) is 0.944. The van der Waals surface area contributed by atoms with E-state index >= 15 is 0 Å². The van der Waals surface area contributed by atoms with Crippen LogP contribution in [0.15, 0.2) is 0 Å². The molecule has 12 heteroatoms. The molecule has 2 aliphatic heterocycles. The molecule has 9 atom stereocenters. The third kappa shape index (κ3) is 7.33. The Balaban J connectivity index is 0. The highest BCUT2D eigenvalue weighted by atomic mass is 35.5. The number of likely N-dealkylation sites (tertiary alicyclic amines) is 1. The Morgan fingerprint density at radius 2 is 1.83 bits per heavy atom. The van der Waals surface area contributed by atoms with Gasteiger partial charge in [-0.2, -0.15) is 0 Å². The van der Waals surface area contributed by atoms with Crippen LogP contribution >= 0.6 is 36.6 Å². The summed E-state index contributed by atoms with van der Waals surface area (Å²) in [6, 6.07) is -1.20. The molecule has 0 spiro atoms. The SMILES string of the molecule is CCC[C@@H]1C[C@@H](C(=O)N[C@@H]([C@H]2O[C@H](SC)[C@H](O)[C@@H](O)[C@H]2O)[C@@H](C)O)N(C)C1.Cl.Cl.O. The van der Waals surface area contributed by atoms with Crippen LogP contribution in [0.5, 0.6) is 0 Å².